The van der Waals surface area contributed by atoms with Gasteiger partial charge in [0.1, 0.15) is 11.3 Å². The monoisotopic (exact) mass is 234 g/mol. The van der Waals surface area contributed by atoms with Gasteiger partial charge in [-0.2, -0.15) is 0 Å². The third kappa shape index (κ3) is 1.73. The largest absolute Gasteiger partial charge is 0.495 e. The smallest absolute Gasteiger partial charge is 0.329 e. The molecule has 0 saturated carbocycles. The molecule has 1 aromatic rings. The number of imide groups is 1. The molecule has 1 saturated heterocycles. The Labute approximate surface area is 99.4 Å². The van der Waals surface area contributed by atoms with Crippen LogP contribution in [-0.2, 0) is 4.79 Å². The predicted octanol–water partition coefficient (Wildman–Crippen LogP) is 1.53. The Hall–Kier alpha value is -2.04. The number of rotatable bonds is 2. The predicted molar refractivity (Wildman–Crippen MR) is 63.1 cm³/mol. The summed E-state index contributed by atoms with van der Waals surface area (Å²) in [5.41, 5.74) is -0.416. The number of ether oxygens (including phenoxy) is 1. The Morgan fingerprint density at radius 1 is 1.24 bits per heavy atom. The van der Waals surface area contributed by atoms with Crippen LogP contribution in [0.4, 0.5) is 10.5 Å². The van der Waals surface area contributed by atoms with E-state index < -0.39 is 11.6 Å². The van der Waals surface area contributed by atoms with Crippen LogP contribution < -0.4 is 15.0 Å². The topological polar surface area (TPSA) is 58.6 Å². The summed E-state index contributed by atoms with van der Waals surface area (Å²) in [7, 11) is 1.50. The summed E-state index contributed by atoms with van der Waals surface area (Å²) in [5.74, 6) is 0.209. The third-order valence-corrected chi connectivity index (χ3v) is 2.69. The first-order chi connectivity index (χ1) is 7.97. The van der Waals surface area contributed by atoms with Gasteiger partial charge in [-0.15, -0.1) is 0 Å². The maximum absolute atomic E-state index is 12.1. The van der Waals surface area contributed by atoms with E-state index in [0.29, 0.717) is 11.4 Å². The van der Waals surface area contributed by atoms with Gasteiger partial charge in [0.05, 0.1) is 12.8 Å². The molecular formula is C12H14N2O3. The number of methoxy groups -OCH3 is 1. The average molecular weight is 234 g/mol. The summed E-state index contributed by atoms with van der Waals surface area (Å²) in [6.45, 7) is 3.34. The Kier molecular flexibility index (Phi) is 2.53. The van der Waals surface area contributed by atoms with Crippen molar-refractivity contribution in [3.05, 3.63) is 24.3 Å². The molecule has 1 N–H and O–H groups in total. The second-order valence-corrected chi connectivity index (χ2v) is 4.37. The lowest BCUT2D eigenvalue weighted by molar-refractivity contribution is -0.121. The first-order valence-electron chi connectivity index (χ1n) is 5.27. The van der Waals surface area contributed by atoms with E-state index in [1.165, 1.54) is 7.11 Å². The van der Waals surface area contributed by atoms with Gasteiger partial charge in [0.25, 0.3) is 5.91 Å². The molecule has 0 aliphatic carbocycles. The van der Waals surface area contributed by atoms with Crippen LogP contribution in [0, 0.1) is 0 Å². The molecule has 0 radical (unpaired) electrons. The van der Waals surface area contributed by atoms with Crippen molar-refractivity contribution in [1.82, 2.24) is 5.32 Å². The van der Waals surface area contributed by atoms with Crippen LogP contribution in [0.2, 0.25) is 0 Å². The normalized spacial score (nSPS) is 18.2. The van der Waals surface area contributed by atoms with E-state index in [9.17, 15) is 9.59 Å². The van der Waals surface area contributed by atoms with Crippen LogP contribution in [0.3, 0.4) is 0 Å². The van der Waals surface area contributed by atoms with Crippen molar-refractivity contribution in [2.75, 3.05) is 12.0 Å². The minimum atomic E-state index is -0.877. The van der Waals surface area contributed by atoms with Gasteiger partial charge in [0, 0.05) is 0 Å². The zero-order chi connectivity index (χ0) is 12.6. The number of benzene rings is 1. The lowest BCUT2D eigenvalue weighted by Gasteiger charge is -2.17. The first-order valence-corrected chi connectivity index (χ1v) is 5.27. The van der Waals surface area contributed by atoms with Crippen molar-refractivity contribution < 1.29 is 14.3 Å². The molecule has 1 heterocycles. The van der Waals surface area contributed by atoms with Crippen molar-refractivity contribution in [3.63, 3.8) is 0 Å². The van der Waals surface area contributed by atoms with E-state index in [0.717, 1.165) is 4.90 Å². The van der Waals surface area contributed by atoms with Crippen molar-refractivity contribution in [3.8, 4) is 5.75 Å². The van der Waals surface area contributed by atoms with Gasteiger partial charge in [0.2, 0.25) is 0 Å². The van der Waals surface area contributed by atoms with Gasteiger partial charge in [0.15, 0.2) is 0 Å². The molecule has 0 bridgehead atoms. The molecule has 3 amide bonds. The number of urea groups is 1. The van der Waals surface area contributed by atoms with Crippen LogP contribution in [-0.4, -0.2) is 24.6 Å². The average Bonchev–Trinajstić information content (AvgIpc) is 2.48. The zero-order valence-corrected chi connectivity index (χ0v) is 9.98. The second-order valence-electron chi connectivity index (χ2n) is 4.37. The van der Waals surface area contributed by atoms with Gasteiger partial charge < -0.3 is 10.1 Å². The van der Waals surface area contributed by atoms with E-state index in [1.807, 2.05) is 0 Å². The molecule has 5 heteroatoms. The fraction of sp³-hybridized carbons (Fsp3) is 0.333. The summed E-state index contributed by atoms with van der Waals surface area (Å²) >= 11 is 0. The fourth-order valence-electron chi connectivity index (χ4n) is 1.78. The standard InChI is InChI=1S/C12H14N2O3/c1-12(2)10(15)14(11(16)13-12)8-6-4-5-7-9(8)17-3/h4-7H,1-3H3,(H,13,16). The Morgan fingerprint density at radius 2 is 1.88 bits per heavy atom. The molecule has 0 aromatic heterocycles. The van der Waals surface area contributed by atoms with Gasteiger partial charge in [-0.3, -0.25) is 4.79 Å². The summed E-state index contributed by atoms with van der Waals surface area (Å²) in [5, 5.41) is 2.62. The van der Waals surface area contributed by atoms with E-state index in [-0.39, 0.29) is 5.91 Å². The number of hydrogen-bond acceptors (Lipinski definition) is 3. The van der Waals surface area contributed by atoms with Crippen LogP contribution in [0.25, 0.3) is 0 Å². The van der Waals surface area contributed by atoms with E-state index in [1.54, 1.807) is 38.1 Å². The SMILES string of the molecule is COc1ccccc1N1C(=O)NC(C)(C)C1=O. The Bertz CT molecular complexity index is 482. The number of anilines is 1. The number of carbonyl (C=O) groups excluding carboxylic acids is 2. The Balaban J connectivity index is 2.47. The van der Waals surface area contributed by atoms with Crippen molar-refractivity contribution in [1.29, 1.82) is 0 Å². The van der Waals surface area contributed by atoms with Gasteiger partial charge in [-0.25, -0.2) is 9.69 Å². The minimum absolute atomic E-state index is 0.285. The van der Waals surface area contributed by atoms with Crippen molar-refractivity contribution in [2.24, 2.45) is 0 Å². The first kappa shape index (κ1) is 11.4. The third-order valence-electron chi connectivity index (χ3n) is 2.69. The fourth-order valence-corrected chi connectivity index (χ4v) is 1.78. The number of hydrogen-bond donors (Lipinski definition) is 1. The lowest BCUT2D eigenvalue weighted by Crippen LogP contribution is -2.40. The van der Waals surface area contributed by atoms with E-state index in [4.69, 9.17) is 4.74 Å². The second kappa shape index (κ2) is 3.76. The summed E-state index contributed by atoms with van der Waals surface area (Å²) in [4.78, 5) is 25.0. The summed E-state index contributed by atoms with van der Waals surface area (Å²) in [6, 6.07) is 6.50. The van der Waals surface area contributed by atoms with Crippen LogP contribution in [0.5, 0.6) is 5.75 Å². The highest BCUT2D eigenvalue weighted by Crippen LogP contribution is 2.32. The van der Waals surface area contributed by atoms with Crippen LogP contribution in [0.1, 0.15) is 13.8 Å². The number of nitrogens with one attached hydrogen (secondary N) is 1. The number of nitrogens with zero attached hydrogens (tertiary/aromatic N) is 1. The number of amides is 3. The van der Waals surface area contributed by atoms with Gasteiger partial charge in [-0.05, 0) is 26.0 Å². The molecular weight excluding hydrogens is 220 g/mol. The lowest BCUT2D eigenvalue weighted by atomic mass is 10.1. The summed E-state index contributed by atoms with van der Waals surface area (Å²) in [6.07, 6.45) is 0. The maximum Gasteiger partial charge on any atom is 0.329 e. The van der Waals surface area contributed by atoms with E-state index >= 15 is 0 Å². The molecule has 2 rings (SSSR count). The van der Waals surface area contributed by atoms with Crippen LogP contribution in [0.15, 0.2) is 24.3 Å². The molecule has 0 unspecified atom stereocenters. The van der Waals surface area contributed by atoms with Gasteiger partial charge >= 0.3 is 6.03 Å². The van der Waals surface area contributed by atoms with Gasteiger partial charge in [-0.1, -0.05) is 12.1 Å². The summed E-state index contributed by atoms with van der Waals surface area (Å²) < 4.78 is 5.15. The van der Waals surface area contributed by atoms with E-state index in [2.05, 4.69) is 5.32 Å². The molecule has 17 heavy (non-hydrogen) atoms. The maximum atomic E-state index is 12.1. The molecule has 0 atom stereocenters. The van der Waals surface area contributed by atoms with Crippen LogP contribution >= 0.6 is 0 Å². The van der Waals surface area contributed by atoms with Crippen molar-refractivity contribution in [2.45, 2.75) is 19.4 Å². The zero-order valence-electron chi connectivity index (χ0n) is 9.98. The molecule has 5 nitrogen and oxygen atoms in total. The Morgan fingerprint density at radius 3 is 2.41 bits per heavy atom. The minimum Gasteiger partial charge on any atom is -0.495 e. The highest BCUT2D eigenvalue weighted by molar-refractivity contribution is 6.23. The highest BCUT2D eigenvalue weighted by atomic mass is 16.5. The molecule has 1 fully saturated rings. The number of para-hydroxylation sites is 2. The molecule has 0 spiro atoms. The van der Waals surface area contributed by atoms with Crippen molar-refractivity contribution >= 4 is 17.6 Å². The molecule has 1 aromatic carbocycles. The quantitative estimate of drug-likeness (QED) is 0.789. The molecule has 1 aliphatic heterocycles. The number of carbonyl (C=O) groups is 2. The molecule has 90 valence electrons. The molecule has 1 aliphatic rings. The highest BCUT2D eigenvalue weighted by Gasteiger charge is 2.45.